The Morgan fingerprint density at radius 2 is 1.96 bits per heavy atom. The van der Waals surface area contributed by atoms with Crippen molar-refractivity contribution in [2.24, 2.45) is 5.92 Å². The van der Waals surface area contributed by atoms with Gasteiger partial charge in [-0.2, -0.15) is 5.10 Å². The number of aromatic amines is 1. The number of H-pyrrole nitrogens is 1. The van der Waals surface area contributed by atoms with Gasteiger partial charge in [0.25, 0.3) is 0 Å². The van der Waals surface area contributed by atoms with Gasteiger partial charge in [0.2, 0.25) is 11.8 Å². The molecule has 138 valence electrons. The predicted molar refractivity (Wildman–Crippen MR) is 97.1 cm³/mol. The zero-order chi connectivity index (χ0) is 18.5. The number of nitrogens with zero attached hydrogens (tertiary/aromatic N) is 3. The molecule has 1 aliphatic heterocycles. The lowest BCUT2D eigenvalue weighted by Gasteiger charge is -2.32. The lowest BCUT2D eigenvalue weighted by molar-refractivity contribution is -0.135. The van der Waals surface area contributed by atoms with Gasteiger partial charge in [-0.3, -0.25) is 14.7 Å². The molecule has 1 aliphatic rings. The molecule has 1 atom stereocenters. The van der Waals surface area contributed by atoms with Gasteiger partial charge in [0.1, 0.15) is 5.82 Å². The van der Waals surface area contributed by atoms with Crippen LogP contribution in [0, 0.1) is 12.8 Å². The first-order chi connectivity index (χ1) is 12.5. The molecule has 2 amide bonds. The van der Waals surface area contributed by atoms with E-state index in [9.17, 15) is 9.59 Å². The fourth-order valence-electron chi connectivity index (χ4n) is 3.22. The van der Waals surface area contributed by atoms with E-state index in [2.05, 4.69) is 20.5 Å². The lowest BCUT2D eigenvalue weighted by Crippen LogP contribution is -2.44. The largest absolute Gasteiger partial charge is 0.346 e. The van der Waals surface area contributed by atoms with Crippen molar-refractivity contribution in [2.75, 3.05) is 13.1 Å². The summed E-state index contributed by atoms with van der Waals surface area (Å²) in [6.45, 7) is 4.95. The number of aryl methyl sites for hydroxylation is 1. The van der Waals surface area contributed by atoms with Gasteiger partial charge in [-0.25, -0.2) is 4.98 Å². The molecule has 0 aliphatic carbocycles. The van der Waals surface area contributed by atoms with Crippen molar-refractivity contribution in [1.29, 1.82) is 0 Å². The normalized spacial score (nSPS) is 16.3. The minimum absolute atomic E-state index is 0.00936. The van der Waals surface area contributed by atoms with Crippen LogP contribution < -0.4 is 5.32 Å². The number of likely N-dealkylation sites (tertiary alicyclic amines) is 1. The highest BCUT2D eigenvalue weighted by Gasteiger charge is 2.28. The predicted octanol–water partition coefficient (Wildman–Crippen LogP) is 1.77. The number of amides is 2. The molecule has 0 spiro atoms. The molecular weight excluding hydrogens is 330 g/mol. The van der Waals surface area contributed by atoms with E-state index in [0.29, 0.717) is 38.2 Å². The molecule has 2 heterocycles. The number of benzene rings is 1. The average Bonchev–Trinajstić information content (AvgIpc) is 3.09. The molecule has 1 aromatic carbocycles. The molecular formula is C19H25N5O2. The van der Waals surface area contributed by atoms with Gasteiger partial charge >= 0.3 is 0 Å². The maximum absolute atomic E-state index is 12.5. The number of hydrogen-bond acceptors (Lipinski definition) is 4. The second-order valence-electron chi connectivity index (χ2n) is 6.83. The first kappa shape index (κ1) is 18.1. The molecule has 7 nitrogen and oxygen atoms in total. The summed E-state index contributed by atoms with van der Waals surface area (Å²) in [7, 11) is 0. The van der Waals surface area contributed by atoms with E-state index < -0.39 is 0 Å². The van der Waals surface area contributed by atoms with Crippen LogP contribution in [0.2, 0.25) is 0 Å². The highest BCUT2D eigenvalue weighted by molar-refractivity contribution is 5.81. The Bertz CT molecular complexity index is 750. The molecule has 1 saturated heterocycles. The topological polar surface area (TPSA) is 91.0 Å². The summed E-state index contributed by atoms with van der Waals surface area (Å²) < 4.78 is 0. The molecule has 0 bridgehead atoms. The minimum atomic E-state index is -0.231. The summed E-state index contributed by atoms with van der Waals surface area (Å²) in [5.41, 5.74) is 1.02. The van der Waals surface area contributed by atoms with Crippen LogP contribution in [0.3, 0.4) is 0 Å². The maximum atomic E-state index is 12.5. The molecule has 0 saturated carbocycles. The summed E-state index contributed by atoms with van der Waals surface area (Å²) >= 11 is 0. The van der Waals surface area contributed by atoms with E-state index in [1.54, 1.807) is 0 Å². The zero-order valence-corrected chi connectivity index (χ0v) is 15.2. The number of hydrogen-bond donors (Lipinski definition) is 2. The third kappa shape index (κ3) is 4.47. The van der Waals surface area contributed by atoms with Crippen LogP contribution in [0.5, 0.6) is 0 Å². The quantitative estimate of drug-likeness (QED) is 0.855. The molecule has 0 unspecified atom stereocenters. The van der Waals surface area contributed by atoms with Gasteiger partial charge in [0.05, 0.1) is 12.5 Å². The standard InChI is InChI=1S/C19H25N5O2/c1-13(18-21-14(2)22-23-18)20-19(26)16-8-10-24(11-9-16)17(25)12-15-6-4-3-5-7-15/h3-7,13,16H,8-12H2,1-2H3,(H,20,26)(H,21,22,23)/t13-/m1/s1. The minimum Gasteiger partial charge on any atom is -0.346 e. The highest BCUT2D eigenvalue weighted by Crippen LogP contribution is 2.19. The van der Waals surface area contributed by atoms with Crippen LogP contribution in [-0.2, 0) is 16.0 Å². The van der Waals surface area contributed by atoms with Crippen molar-refractivity contribution in [3.8, 4) is 0 Å². The summed E-state index contributed by atoms with van der Waals surface area (Å²) in [4.78, 5) is 31.0. The number of nitrogens with one attached hydrogen (secondary N) is 2. The summed E-state index contributed by atoms with van der Waals surface area (Å²) in [6.07, 6.45) is 1.79. The van der Waals surface area contributed by atoms with Gasteiger partial charge in [-0.05, 0) is 32.3 Å². The Hall–Kier alpha value is -2.70. The van der Waals surface area contributed by atoms with Crippen molar-refractivity contribution in [2.45, 2.75) is 39.2 Å². The third-order valence-corrected chi connectivity index (χ3v) is 4.78. The van der Waals surface area contributed by atoms with E-state index in [-0.39, 0.29) is 23.8 Å². The van der Waals surface area contributed by atoms with Crippen LogP contribution in [0.1, 0.15) is 43.0 Å². The molecule has 26 heavy (non-hydrogen) atoms. The Labute approximate surface area is 153 Å². The number of rotatable bonds is 5. The van der Waals surface area contributed by atoms with Crippen LogP contribution in [0.15, 0.2) is 30.3 Å². The highest BCUT2D eigenvalue weighted by atomic mass is 16.2. The molecule has 3 rings (SSSR count). The number of carbonyl (C=O) groups excluding carboxylic acids is 2. The summed E-state index contributed by atoms with van der Waals surface area (Å²) in [5.74, 6) is 1.38. The first-order valence-corrected chi connectivity index (χ1v) is 9.04. The van der Waals surface area contributed by atoms with Crippen molar-refractivity contribution >= 4 is 11.8 Å². The number of piperidine rings is 1. The Morgan fingerprint density at radius 3 is 2.58 bits per heavy atom. The van der Waals surface area contributed by atoms with E-state index in [1.165, 1.54) is 0 Å². The van der Waals surface area contributed by atoms with Gasteiger partial charge in [-0.15, -0.1) is 0 Å². The molecule has 2 N–H and O–H groups in total. The van der Waals surface area contributed by atoms with Crippen molar-refractivity contribution in [3.63, 3.8) is 0 Å². The second kappa shape index (κ2) is 8.12. The smallest absolute Gasteiger partial charge is 0.226 e. The molecule has 7 heteroatoms. The van der Waals surface area contributed by atoms with E-state index in [4.69, 9.17) is 0 Å². The summed E-state index contributed by atoms with van der Waals surface area (Å²) in [5, 5.41) is 9.84. The van der Waals surface area contributed by atoms with Gasteiger partial charge in [-0.1, -0.05) is 30.3 Å². The molecule has 0 radical (unpaired) electrons. The van der Waals surface area contributed by atoms with Crippen molar-refractivity contribution < 1.29 is 9.59 Å². The van der Waals surface area contributed by atoms with Crippen molar-refractivity contribution in [3.05, 3.63) is 47.5 Å². The first-order valence-electron chi connectivity index (χ1n) is 9.04. The monoisotopic (exact) mass is 355 g/mol. The Kier molecular flexibility index (Phi) is 5.65. The van der Waals surface area contributed by atoms with Gasteiger partial charge in [0.15, 0.2) is 5.82 Å². The van der Waals surface area contributed by atoms with E-state index >= 15 is 0 Å². The average molecular weight is 355 g/mol. The van der Waals surface area contributed by atoms with Gasteiger partial charge in [0, 0.05) is 19.0 Å². The maximum Gasteiger partial charge on any atom is 0.226 e. The van der Waals surface area contributed by atoms with Gasteiger partial charge < -0.3 is 10.2 Å². The van der Waals surface area contributed by atoms with Crippen LogP contribution in [-0.4, -0.2) is 45.0 Å². The SMILES string of the molecule is Cc1nc([C@@H](C)NC(=O)C2CCN(C(=O)Cc3ccccc3)CC2)n[nH]1. The lowest BCUT2D eigenvalue weighted by atomic mass is 9.95. The number of aromatic nitrogens is 3. The third-order valence-electron chi connectivity index (χ3n) is 4.78. The zero-order valence-electron chi connectivity index (χ0n) is 15.2. The fourth-order valence-corrected chi connectivity index (χ4v) is 3.22. The molecule has 2 aromatic rings. The molecule has 1 fully saturated rings. The molecule has 1 aromatic heterocycles. The van der Waals surface area contributed by atoms with Crippen molar-refractivity contribution in [1.82, 2.24) is 25.4 Å². The van der Waals surface area contributed by atoms with Crippen LogP contribution in [0.25, 0.3) is 0 Å². The Balaban J connectivity index is 1.47. The summed E-state index contributed by atoms with van der Waals surface area (Å²) in [6, 6.07) is 9.52. The Morgan fingerprint density at radius 1 is 1.27 bits per heavy atom. The fraction of sp³-hybridized carbons (Fsp3) is 0.474. The van der Waals surface area contributed by atoms with E-state index in [0.717, 1.165) is 11.4 Å². The van der Waals surface area contributed by atoms with E-state index in [1.807, 2.05) is 49.1 Å². The van der Waals surface area contributed by atoms with Crippen LogP contribution in [0.4, 0.5) is 0 Å². The second-order valence-corrected chi connectivity index (χ2v) is 6.83. The number of carbonyl (C=O) groups is 2. The van der Waals surface area contributed by atoms with Crippen LogP contribution >= 0.6 is 0 Å².